The van der Waals surface area contributed by atoms with E-state index in [4.69, 9.17) is 9.47 Å². The van der Waals surface area contributed by atoms with Gasteiger partial charge in [-0.15, -0.1) is 0 Å². The SMILES string of the molecule is COc1ccc(/C(O)=C2/C(=O)C(=O)N(Cc3ccc(F)cc3)C2c2ccc(C(C)(C)C)cc2)cc1OC. The number of aliphatic hydroxyl groups is 1. The summed E-state index contributed by atoms with van der Waals surface area (Å²) < 4.78 is 24.1. The van der Waals surface area contributed by atoms with Crippen LogP contribution < -0.4 is 9.47 Å². The number of halogens is 1. The molecule has 0 bridgehead atoms. The Morgan fingerprint density at radius 2 is 1.54 bits per heavy atom. The van der Waals surface area contributed by atoms with Crippen molar-refractivity contribution in [1.29, 1.82) is 0 Å². The van der Waals surface area contributed by atoms with Crippen LogP contribution in [-0.2, 0) is 21.5 Å². The topological polar surface area (TPSA) is 76.1 Å². The van der Waals surface area contributed by atoms with Crippen LogP contribution in [0.3, 0.4) is 0 Å². The molecule has 3 aromatic rings. The van der Waals surface area contributed by atoms with Crippen LogP contribution in [0, 0.1) is 5.82 Å². The van der Waals surface area contributed by atoms with Crippen LogP contribution in [0.15, 0.2) is 72.3 Å². The van der Waals surface area contributed by atoms with Crippen molar-refractivity contribution in [3.05, 3.63) is 100 Å². The molecule has 192 valence electrons. The summed E-state index contributed by atoms with van der Waals surface area (Å²) in [5.74, 6) is -1.40. The molecule has 1 fully saturated rings. The highest BCUT2D eigenvalue weighted by Crippen LogP contribution is 2.42. The number of methoxy groups -OCH3 is 2. The fourth-order valence-electron chi connectivity index (χ4n) is 4.48. The number of ether oxygens (including phenoxy) is 2. The van der Waals surface area contributed by atoms with Gasteiger partial charge in [-0.2, -0.15) is 0 Å². The lowest BCUT2D eigenvalue weighted by Crippen LogP contribution is -2.29. The van der Waals surface area contributed by atoms with Crippen LogP contribution in [0.2, 0.25) is 0 Å². The van der Waals surface area contributed by atoms with Gasteiger partial charge in [0, 0.05) is 12.1 Å². The molecule has 1 aliphatic heterocycles. The van der Waals surface area contributed by atoms with Crippen molar-refractivity contribution in [3.63, 3.8) is 0 Å². The number of carbonyl (C=O) groups is 2. The second-order valence-corrected chi connectivity index (χ2v) is 10.00. The Kier molecular flexibility index (Phi) is 7.07. The molecule has 0 radical (unpaired) electrons. The molecular weight excluding hydrogens is 473 g/mol. The average molecular weight is 504 g/mol. The van der Waals surface area contributed by atoms with E-state index in [1.165, 1.54) is 31.3 Å². The van der Waals surface area contributed by atoms with Crippen LogP contribution in [0.1, 0.15) is 49.1 Å². The molecule has 7 heteroatoms. The maximum atomic E-state index is 13.5. The first-order valence-corrected chi connectivity index (χ1v) is 11.9. The number of hydrogen-bond acceptors (Lipinski definition) is 5. The van der Waals surface area contributed by atoms with Crippen molar-refractivity contribution in [2.75, 3.05) is 14.2 Å². The summed E-state index contributed by atoms with van der Waals surface area (Å²) in [7, 11) is 2.97. The van der Waals surface area contributed by atoms with Gasteiger partial charge in [0.2, 0.25) is 0 Å². The zero-order valence-corrected chi connectivity index (χ0v) is 21.5. The van der Waals surface area contributed by atoms with Crippen LogP contribution in [0.5, 0.6) is 11.5 Å². The van der Waals surface area contributed by atoms with E-state index in [1.54, 1.807) is 30.3 Å². The lowest BCUT2D eigenvalue weighted by Gasteiger charge is -2.26. The first-order valence-electron chi connectivity index (χ1n) is 11.9. The number of nitrogens with zero attached hydrogens (tertiary/aromatic N) is 1. The average Bonchev–Trinajstić information content (AvgIpc) is 3.13. The monoisotopic (exact) mass is 503 g/mol. The number of ketones is 1. The fourth-order valence-corrected chi connectivity index (χ4v) is 4.48. The maximum absolute atomic E-state index is 13.5. The third kappa shape index (κ3) is 5.07. The van der Waals surface area contributed by atoms with Crippen molar-refractivity contribution < 1.29 is 28.6 Å². The Morgan fingerprint density at radius 3 is 2.11 bits per heavy atom. The van der Waals surface area contributed by atoms with Crippen LogP contribution >= 0.6 is 0 Å². The fraction of sp³-hybridized carbons (Fsp3) is 0.267. The van der Waals surface area contributed by atoms with E-state index in [1.807, 2.05) is 24.3 Å². The van der Waals surface area contributed by atoms with Gasteiger partial charge in [-0.3, -0.25) is 9.59 Å². The third-order valence-electron chi connectivity index (χ3n) is 6.56. The summed E-state index contributed by atoms with van der Waals surface area (Å²) in [5, 5.41) is 11.4. The van der Waals surface area contributed by atoms with Crippen molar-refractivity contribution in [2.24, 2.45) is 0 Å². The third-order valence-corrected chi connectivity index (χ3v) is 6.56. The number of benzene rings is 3. The maximum Gasteiger partial charge on any atom is 0.295 e. The van der Waals surface area contributed by atoms with Gasteiger partial charge in [-0.05, 0) is 52.4 Å². The van der Waals surface area contributed by atoms with Crippen molar-refractivity contribution >= 4 is 17.4 Å². The highest BCUT2D eigenvalue weighted by molar-refractivity contribution is 6.46. The number of Topliss-reactive ketones (excluding diaryl/α,β-unsaturated/α-hetero) is 1. The van der Waals surface area contributed by atoms with Crippen LogP contribution in [0.4, 0.5) is 4.39 Å². The molecule has 6 nitrogen and oxygen atoms in total. The highest BCUT2D eigenvalue weighted by atomic mass is 19.1. The number of hydrogen-bond donors (Lipinski definition) is 1. The second-order valence-electron chi connectivity index (χ2n) is 10.00. The van der Waals surface area contributed by atoms with Gasteiger partial charge in [-0.25, -0.2) is 4.39 Å². The van der Waals surface area contributed by atoms with E-state index in [-0.39, 0.29) is 23.3 Å². The molecule has 0 saturated carbocycles. The largest absolute Gasteiger partial charge is 0.507 e. The smallest absolute Gasteiger partial charge is 0.295 e. The van der Waals surface area contributed by atoms with Gasteiger partial charge in [0.05, 0.1) is 25.8 Å². The number of amides is 1. The zero-order valence-electron chi connectivity index (χ0n) is 21.5. The summed E-state index contributed by atoms with van der Waals surface area (Å²) in [6.07, 6.45) is 0. The minimum Gasteiger partial charge on any atom is -0.507 e. The highest BCUT2D eigenvalue weighted by Gasteiger charge is 2.46. The summed E-state index contributed by atoms with van der Waals surface area (Å²) in [5.41, 5.74) is 2.62. The van der Waals surface area contributed by atoms with E-state index in [9.17, 15) is 19.1 Å². The van der Waals surface area contributed by atoms with Crippen molar-refractivity contribution in [3.8, 4) is 11.5 Å². The molecule has 0 aliphatic carbocycles. The van der Waals surface area contributed by atoms with Crippen LogP contribution in [-0.4, -0.2) is 35.9 Å². The predicted molar refractivity (Wildman–Crippen MR) is 139 cm³/mol. The van der Waals surface area contributed by atoms with Gasteiger partial charge in [0.1, 0.15) is 11.6 Å². The van der Waals surface area contributed by atoms with E-state index in [0.29, 0.717) is 28.2 Å². The summed E-state index contributed by atoms with van der Waals surface area (Å²) in [6.45, 7) is 6.36. The molecule has 0 aromatic heterocycles. The summed E-state index contributed by atoms with van der Waals surface area (Å²) in [6, 6.07) is 17.4. The molecular formula is C30H30FNO5. The van der Waals surface area contributed by atoms with Gasteiger partial charge >= 0.3 is 0 Å². The summed E-state index contributed by atoms with van der Waals surface area (Å²) in [4.78, 5) is 28.0. The Labute approximate surface area is 215 Å². The molecule has 1 aliphatic rings. The molecule has 37 heavy (non-hydrogen) atoms. The molecule has 1 atom stereocenters. The Hall–Kier alpha value is -4.13. The van der Waals surface area contributed by atoms with E-state index < -0.39 is 23.5 Å². The first-order chi connectivity index (χ1) is 17.5. The molecule has 1 unspecified atom stereocenters. The lowest BCUT2D eigenvalue weighted by atomic mass is 9.85. The summed E-state index contributed by atoms with van der Waals surface area (Å²) >= 11 is 0. The Morgan fingerprint density at radius 1 is 0.919 bits per heavy atom. The van der Waals surface area contributed by atoms with E-state index in [0.717, 1.165) is 5.56 Å². The molecule has 1 heterocycles. The zero-order chi connectivity index (χ0) is 26.9. The standard InChI is InChI=1S/C30H30FNO5/c1-30(2,3)21-11-8-19(9-12-21)26-25(27(33)20-10-15-23(36-4)24(16-20)37-5)28(34)29(35)32(26)17-18-6-13-22(31)14-7-18/h6-16,26,33H,17H2,1-5H3/b27-25-. The molecule has 4 rings (SSSR count). The molecule has 1 amide bonds. The first kappa shape index (κ1) is 25.9. The normalized spacial score (nSPS) is 17.2. The number of aliphatic hydroxyl groups excluding tert-OH is 1. The van der Waals surface area contributed by atoms with E-state index >= 15 is 0 Å². The number of likely N-dealkylation sites (tertiary alicyclic amines) is 1. The predicted octanol–water partition coefficient (Wildman–Crippen LogP) is 5.76. The van der Waals surface area contributed by atoms with Crippen molar-refractivity contribution in [1.82, 2.24) is 4.90 Å². The lowest BCUT2D eigenvalue weighted by molar-refractivity contribution is -0.140. The number of carbonyl (C=O) groups excluding carboxylic acids is 2. The van der Waals surface area contributed by atoms with Gasteiger partial charge in [0.25, 0.3) is 11.7 Å². The van der Waals surface area contributed by atoms with E-state index in [2.05, 4.69) is 20.8 Å². The van der Waals surface area contributed by atoms with Gasteiger partial charge in [-0.1, -0.05) is 57.2 Å². The molecule has 0 spiro atoms. The number of rotatable bonds is 6. The molecule has 3 aromatic carbocycles. The second kappa shape index (κ2) is 10.1. The van der Waals surface area contributed by atoms with Gasteiger partial charge in [0.15, 0.2) is 11.5 Å². The van der Waals surface area contributed by atoms with Crippen molar-refractivity contribution in [2.45, 2.75) is 38.8 Å². The minimum atomic E-state index is -0.841. The minimum absolute atomic E-state index is 0.0251. The Balaban J connectivity index is 1.86. The van der Waals surface area contributed by atoms with Crippen LogP contribution in [0.25, 0.3) is 5.76 Å². The molecule has 1 saturated heterocycles. The van der Waals surface area contributed by atoms with Gasteiger partial charge < -0.3 is 19.5 Å². The molecule has 1 N–H and O–H groups in total. The Bertz CT molecular complexity index is 1350. The quantitative estimate of drug-likeness (QED) is 0.263.